The fourth-order valence-electron chi connectivity index (χ4n) is 5.44. The van der Waals surface area contributed by atoms with Gasteiger partial charge in [0.1, 0.15) is 60.1 Å². The molecule has 7 aromatic carbocycles. The van der Waals surface area contributed by atoms with E-state index in [9.17, 15) is 24.3 Å². The Hall–Kier alpha value is -8.62. The van der Waals surface area contributed by atoms with E-state index in [4.69, 9.17) is 44.1 Å². The molecule has 0 spiro atoms. The Kier molecular flexibility index (Phi) is 20.5. The lowest BCUT2D eigenvalue weighted by atomic mass is 10.1. The zero-order valence-electron chi connectivity index (χ0n) is 36.9. The van der Waals surface area contributed by atoms with Crippen LogP contribution in [0, 0.1) is 13.8 Å². The first-order chi connectivity index (χ1) is 32.3. The monoisotopic (exact) mass is 910 g/mol. The number of aryl methyl sites for hydroxylation is 2. The van der Waals surface area contributed by atoms with E-state index in [1.807, 2.05) is 50.2 Å². The van der Waals surface area contributed by atoms with Crippen molar-refractivity contribution in [3.63, 3.8) is 0 Å². The van der Waals surface area contributed by atoms with Crippen molar-refractivity contribution in [2.45, 2.75) is 33.7 Å². The lowest BCUT2D eigenvalue weighted by molar-refractivity contribution is 0.0504. The third-order valence-corrected chi connectivity index (χ3v) is 9.18. The van der Waals surface area contributed by atoms with Crippen LogP contribution in [-0.4, -0.2) is 63.9 Å². The number of hydrogen-bond donors (Lipinski definition) is 5. The maximum Gasteiger partial charge on any atom is 0.335 e. The number of rotatable bonds is 16. The number of phenols is 3. The van der Waals surface area contributed by atoms with E-state index < -0.39 is 11.9 Å². The summed E-state index contributed by atoms with van der Waals surface area (Å²) >= 11 is 0. The molecule has 0 saturated carbocycles. The molecule has 0 aromatic heterocycles. The molecule has 5 N–H and O–H groups in total. The van der Waals surface area contributed by atoms with Crippen molar-refractivity contribution in [1.82, 2.24) is 0 Å². The zero-order chi connectivity index (χ0) is 48.6. The second-order valence-electron chi connectivity index (χ2n) is 14.4. The highest BCUT2D eigenvalue weighted by atomic mass is 16.7. The average Bonchev–Trinajstić information content (AvgIpc) is 3.34. The Morgan fingerprint density at radius 3 is 1.25 bits per heavy atom. The molecule has 0 heterocycles. The first-order valence-electron chi connectivity index (χ1n) is 20.4. The first-order valence-corrected chi connectivity index (χ1v) is 20.4. The van der Waals surface area contributed by atoms with Gasteiger partial charge in [-0.05, 0) is 128 Å². The van der Waals surface area contributed by atoms with Crippen molar-refractivity contribution >= 4 is 24.5 Å². The van der Waals surface area contributed by atoms with E-state index in [2.05, 4.69) is 0 Å². The molecule has 7 aromatic rings. The van der Waals surface area contributed by atoms with E-state index in [0.29, 0.717) is 60.1 Å². The van der Waals surface area contributed by atoms with Crippen LogP contribution in [0.5, 0.6) is 40.2 Å². The van der Waals surface area contributed by atoms with Gasteiger partial charge in [0, 0.05) is 7.11 Å². The minimum absolute atomic E-state index is 0.0346. The number of carboxylic acids is 2. The number of aromatic carboxylic acids is 2. The molecule has 0 saturated heterocycles. The van der Waals surface area contributed by atoms with Gasteiger partial charge in [0.25, 0.3) is 0 Å². The predicted octanol–water partition coefficient (Wildman–Crippen LogP) is 10.2. The topological polar surface area (TPSA) is 216 Å². The highest BCUT2D eigenvalue weighted by Gasteiger charge is 2.08. The molecule has 0 aliphatic carbocycles. The fourth-order valence-corrected chi connectivity index (χ4v) is 5.44. The lowest BCUT2D eigenvalue weighted by Crippen LogP contribution is -2.02. The first kappa shape index (κ1) is 51.0. The zero-order valence-corrected chi connectivity index (χ0v) is 36.9. The molecule has 0 amide bonds. The average molecular weight is 911 g/mol. The van der Waals surface area contributed by atoms with E-state index >= 15 is 0 Å². The molecule has 346 valence electrons. The van der Waals surface area contributed by atoms with Gasteiger partial charge in [0.2, 0.25) is 0 Å². The minimum atomic E-state index is -0.972. The Morgan fingerprint density at radius 1 is 0.463 bits per heavy atom. The summed E-state index contributed by atoms with van der Waals surface area (Å²) < 4.78 is 26.7. The molecule has 0 radical (unpaired) electrons. The van der Waals surface area contributed by atoms with E-state index in [-0.39, 0.29) is 41.6 Å². The Bertz CT molecular complexity index is 2610. The predicted molar refractivity (Wildman–Crippen MR) is 250 cm³/mol. The number of aldehydes is 2. The van der Waals surface area contributed by atoms with Gasteiger partial charge in [-0.3, -0.25) is 9.59 Å². The van der Waals surface area contributed by atoms with E-state index in [1.165, 1.54) is 54.6 Å². The molecule has 0 unspecified atom stereocenters. The second-order valence-corrected chi connectivity index (χ2v) is 14.4. The quantitative estimate of drug-likeness (QED) is 0.0451. The van der Waals surface area contributed by atoms with Gasteiger partial charge in [-0.2, -0.15) is 0 Å². The van der Waals surface area contributed by atoms with Gasteiger partial charge in [0.05, 0.1) is 22.3 Å². The van der Waals surface area contributed by atoms with Crippen LogP contribution in [0.2, 0.25) is 0 Å². The van der Waals surface area contributed by atoms with Crippen LogP contribution in [0.4, 0.5) is 0 Å². The summed E-state index contributed by atoms with van der Waals surface area (Å²) in [7, 11) is 1.49. The summed E-state index contributed by atoms with van der Waals surface area (Å²) in [6.45, 7) is 5.11. The molecule has 0 bridgehead atoms. The molecule has 0 atom stereocenters. The van der Waals surface area contributed by atoms with Crippen LogP contribution in [0.1, 0.15) is 69.2 Å². The van der Waals surface area contributed by atoms with Crippen LogP contribution in [0.15, 0.2) is 158 Å². The van der Waals surface area contributed by atoms with Crippen LogP contribution in [0.25, 0.3) is 0 Å². The van der Waals surface area contributed by atoms with E-state index in [1.54, 1.807) is 84.9 Å². The number of hydrogen-bond acceptors (Lipinski definition) is 12. The number of benzene rings is 7. The number of methoxy groups -OCH3 is 1. The number of aromatic hydroxyl groups is 3. The van der Waals surface area contributed by atoms with Crippen molar-refractivity contribution in [2.24, 2.45) is 0 Å². The summed E-state index contributed by atoms with van der Waals surface area (Å²) in [4.78, 5) is 43.2. The van der Waals surface area contributed by atoms with Crippen LogP contribution in [0.3, 0.4) is 0 Å². The van der Waals surface area contributed by atoms with Crippen LogP contribution >= 0.6 is 0 Å². The molecular weight excluding hydrogens is 861 g/mol. The van der Waals surface area contributed by atoms with Gasteiger partial charge in [0.15, 0.2) is 19.4 Å². The molecular formula is C53H50O14. The Labute approximate surface area is 387 Å². The molecule has 14 heteroatoms. The summed E-state index contributed by atoms with van der Waals surface area (Å²) in [5, 5.41) is 44.8. The van der Waals surface area contributed by atoms with Crippen molar-refractivity contribution in [2.75, 3.05) is 13.9 Å². The van der Waals surface area contributed by atoms with Gasteiger partial charge < -0.3 is 49.2 Å². The van der Waals surface area contributed by atoms with Gasteiger partial charge in [-0.15, -0.1) is 0 Å². The largest absolute Gasteiger partial charge is 0.508 e. The smallest absolute Gasteiger partial charge is 0.335 e. The number of ether oxygens (including phenoxy) is 5. The molecule has 67 heavy (non-hydrogen) atoms. The van der Waals surface area contributed by atoms with Crippen molar-refractivity contribution < 1.29 is 68.4 Å². The standard InChI is InChI=1S/C17H16O6.C15H14O3.C14H12O4.C7H8O/c1-21-11-23-16-7-6-15(8-14(16)9-18)22-10-12-2-4-13(5-3-12)17(19)20;1-11-2-4-12(5-3-11)10-18-14-6-7-15(17)13(8-14)9-16;15-12-5-7-13(8-6-12)18-9-10-1-3-11(4-2-10)14(16)17;1-6-2-4-7(8)5-3-6/h2-9H,10-11H2,1H3,(H,19,20);2-9,17H,10H2,1H3;1-8,15H,9H2,(H,16,17);2-5,8H,1H3. The number of carbonyl (C=O) groups excluding carboxylic acids is 2. The molecule has 0 fully saturated rings. The maximum atomic E-state index is 11.1. The van der Waals surface area contributed by atoms with Crippen molar-refractivity contribution in [3.05, 3.63) is 208 Å². The SMILES string of the molecule is COCOc1ccc(OCc2ccc(C(=O)O)cc2)cc1C=O.Cc1ccc(COc2ccc(O)c(C=O)c2)cc1.Cc1ccc(O)cc1.O=C(O)c1ccc(COc2ccc(O)cc2)cc1. The number of carbonyl (C=O) groups is 4. The van der Waals surface area contributed by atoms with Gasteiger partial charge in [-0.1, -0.05) is 71.8 Å². The summed E-state index contributed by atoms with van der Waals surface area (Å²) in [6, 6.07) is 43.9. The third-order valence-electron chi connectivity index (χ3n) is 9.18. The lowest BCUT2D eigenvalue weighted by Gasteiger charge is -2.10. The van der Waals surface area contributed by atoms with Gasteiger partial charge in [-0.25, -0.2) is 9.59 Å². The number of carboxylic acid groups (broad SMARTS) is 2. The second kappa shape index (κ2) is 26.9. The molecule has 7 rings (SSSR count). The summed E-state index contributed by atoms with van der Waals surface area (Å²) in [5.41, 5.74) is 6.20. The highest BCUT2D eigenvalue weighted by Crippen LogP contribution is 2.25. The Balaban J connectivity index is 0.000000204. The normalized spacial score (nSPS) is 9.96. The Morgan fingerprint density at radius 2 is 0.836 bits per heavy atom. The fraction of sp³-hybridized carbons (Fsp3) is 0.132. The van der Waals surface area contributed by atoms with Crippen molar-refractivity contribution in [3.8, 4) is 40.2 Å². The summed E-state index contributed by atoms with van der Waals surface area (Å²) in [5.74, 6) is 0.710. The minimum Gasteiger partial charge on any atom is -0.508 e. The van der Waals surface area contributed by atoms with Crippen LogP contribution < -0.4 is 18.9 Å². The van der Waals surface area contributed by atoms with Crippen LogP contribution in [-0.2, 0) is 24.6 Å². The molecule has 0 aliphatic rings. The maximum absolute atomic E-state index is 11.1. The third kappa shape index (κ3) is 18.2. The van der Waals surface area contributed by atoms with Crippen molar-refractivity contribution in [1.29, 1.82) is 0 Å². The number of phenolic OH excluding ortho intramolecular Hbond substituents is 3. The highest BCUT2D eigenvalue weighted by molar-refractivity contribution is 5.88. The van der Waals surface area contributed by atoms with Gasteiger partial charge >= 0.3 is 11.9 Å². The summed E-state index contributed by atoms with van der Waals surface area (Å²) in [6.07, 6.45) is 1.29. The van der Waals surface area contributed by atoms with E-state index in [0.717, 1.165) is 16.7 Å². The molecule has 14 nitrogen and oxygen atoms in total. The molecule has 0 aliphatic heterocycles.